The fourth-order valence-electron chi connectivity index (χ4n) is 2.25. The zero-order valence-electron chi connectivity index (χ0n) is 10.3. The molecule has 1 rings (SSSR count). The summed E-state index contributed by atoms with van der Waals surface area (Å²) in [5, 5.41) is 3.66. The highest BCUT2D eigenvalue weighted by Crippen LogP contribution is 2.07. The van der Waals surface area contributed by atoms with Crippen LogP contribution in [0.25, 0.3) is 0 Å². The van der Waals surface area contributed by atoms with Crippen LogP contribution in [0, 0.1) is 0 Å². The lowest BCUT2D eigenvalue weighted by atomic mass is 10.1. The van der Waals surface area contributed by atoms with Crippen molar-refractivity contribution in [3.05, 3.63) is 0 Å². The van der Waals surface area contributed by atoms with Gasteiger partial charge in [-0.25, -0.2) is 0 Å². The molecule has 2 nitrogen and oxygen atoms in total. The Morgan fingerprint density at radius 3 is 3.07 bits per heavy atom. The van der Waals surface area contributed by atoms with E-state index >= 15 is 0 Å². The molecule has 15 heavy (non-hydrogen) atoms. The largest absolute Gasteiger partial charge is 0.313 e. The van der Waals surface area contributed by atoms with E-state index in [0.29, 0.717) is 0 Å². The van der Waals surface area contributed by atoms with E-state index in [1.165, 1.54) is 57.6 Å². The van der Waals surface area contributed by atoms with Crippen LogP contribution < -0.4 is 5.32 Å². The van der Waals surface area contributed by atoms with E-state index in [2.05, 4.69) is 23.4 Å². The molecule has 0 aliphatic carbocycles. The third-order valence-electron chi connectivity index (χ3n) is 3.02. The summed E-state index contributed by atoms with van der Waals surface area (Å²) >= 11 is 1.96. The molecular formula is C12H26N2S. The standard InChI is InChI=1S/C12H26N2S/c1-3-6-12-11-14(8-4-7-13-12)9-5-10-15-2/h12-13H,3-11H2,1-2H3. The third-order valence-corrected chi connectivity index (χ3v) is 3.72. The maximum absolute atomic E-state index is 3.66. The monoisotopic (exact) mass is 230 g/mol. The quantitative estimate of drug-likeness (QED) is 0.704. The van der Waals surface area contributed by atoms with Gasteiger partial charge in [0.25, 0.3) is 0 Å². The molecule has 1 unspecified atom stereocenters. The lowest BCUT2D eigenvalue weighted by Gasteiger charge is -2.23. The van der Waals surface area contributed by atoms with Crippen molar-refractivity contribution >= 4 is 11.8 Å². The summed E-state index contributed by atoms with van der Waals surface area (Å²) in [6.07, 6.45) is 7.50. The second-order valence-corrected chi connectivity index (χ2v) is 5.43. The lowest BCUT2D eigenvalue weighted by Crippen LogP contribution is -2.38. The highest BCUT2D eigenvalue weighted by atomic mass is 32.2. The van der Waals surface area contributed by atoms with Crippen molar-refractivity contribution in [2.45, 2.75) is 38.6 Å². The molecule has 0 spiro atoms. The maximum atomic E-state index is 3.66. The van der Waals surface area contributed by atoms with Crippen LogP contribution in [0.5, 0.6) is 0 Å². The molecular weight excluding hydrogens is 204 g/mol. The van der Waals surface area contributed by atoms with E-state index in [0.717, 1.165) is 6.04 Å². The predicted molar refractivity (Wildman–Crippen MR) is 70.8 cm³/mol. The minimum Gasteiger partial charge on any atom is -0.313 e. The molecule has 1 aliphatic rings. The summed E-state index contributed by atoms with van der Waals surface area (Å²) in [7, 11) is 0. The van der Waals surface area contributed by atoms with E-state index in [1.807, 2.05) is 11.8 Å². The van der Waals surface area contributed by atoms with E-state index in [1.54, 1.807) is 0 Å². The Kier molecular flexibility index (Phi) is 7.49. The topological polar surface area (TPSA) is 15.3 Å². The molecule has 1 heterocycles. The fourth-order valence-corrected chi connectivity index (χ4v) is 2.67. The summed E-state index contributed by atoms with van der Waals surface area (Å²) in [6, 6.07) is 0.742. The summed E-state index contributed by atoms with van der Waals surface area (Å²) in [5.74, 6) is 1.31. The SMILES string of the molecule is CCCC1CN(CCCSC)CCCN1. The van der Waals surface area contributed by atoms with E-state index < -0.39 is 0 Å². The summed E-state index contributed by atoms with van der Waals surface area (Å²) in [5.41, 5.74) is 0. The first-order valence-corrected chi connectivity index (χ1v) is 7.71. The number of nitrogens with zero attached hydrogens (tertiary/aromatic N) is 1. The average molecular weight is 230 g/mol. The van der Waals surface area contributed by atoms with Crippen LogP contribution >= 0.6 is 11.8 Å². The van der Waals surface area contributed by atoms with Gasteiger partial charge in [-0.2, -0.15) is 11.8 Å². The van der Waals surface area contributed by atoms with Crippen LogP contribution in [0.4, 0.5) is 0 Å². The normalized spacial score (nSPS) is 24.0. The molecule has 1 atom stereocenters. The van der Waals surface area contributed by atoms with Gasteiger partial charge in [0.15, 0.2) is 0 Å². The molecule has 0 saturated carbocycles. The molecule has 3 heteroatoms. The molecule has 0 aromatic rings. The Bertz CT molecular complexity index is 153. The molecule has 0 amide bonds. The summed E-state index contributed by atoms with van der Waals surface area (Å²) < 4.78 is 0. The molecule has 0 aromatic carbocycles. The van der Waals surface area contributed by atoms with Crippen LogP contribution in [0.3, 0.4) is 0 Å². The average Bonchev–Trinajstić information content (AvgIpc) is 2.45. The molecule has 1 fully saturated rings. The van der Waals surface area contributed by atoms with Crippen molar-refractivity contribution in [1.29, 1.82) is 0 Å². The van der Waals surface area contributed by atoms with Gasteiger partial charge >= 0.3 is 0 Å². The fraction of sp³-hybridized carbons (Fsp3) is 1.00. The van der Waals surface area contributed by atoms with Gasteiger partial charge < -0.3 is 10.2 Å². The van der Waals surface area contributed by atoms with Crippen LogP contribution in [-0.2, 0) is 0 Å². The van der Waals surface area contributed by atoms with Crippen molar-refractivity contribution in [2.24, 2.45) is 0 Å². The van der Waals surface area contributed by atoms with Gasteiger partial charge in [0, 0.05) is 12.6 Å². The Morgan fingerprint density at radius 2 is 2.33 bits per heavy atom. The number of rotatable bonds is 6. The Morgan fingerprint density at radius 1 is 1.47 bits per heavy atom. The van der Waals surface area contributed by atoms with Gasteiger partial charge in [-0.05, 0) is 50.9 Å². The van der Waals surface area contributed by atoms with Gasteiger partial charge in [-0.15, -0.1) is 0 Å². The Hall–Kier alpha value is 0.270. The van der Waals surface area contributed by atoms with Crippen LogP contribution in [0.1, 0.15) is 32.6 Å². The highest BCUT2D eigenvalue weighted by Gasteiger charge is 2.15. The lowest BCUT2D eigenvalue weighted by molar-refractivity contribution is 0.264. The molecule has 0 aromatic heterocycles. The highest BCUT2D eigenvalue weighted by molar-refractivity contribution is 7.98. The van der Waals surface area contributed by atoms with E-state index in [-0.39, 0.29) is 0 Å². The smallest absolute Gasteiger partial charge is 0.0194 e. The van der Waals surface area contributed by atoms with Crippen molar-refractivity contribution in [2.75, 3.05) is 38.2 Å². The second-order valence-electron chi connectivity index (χ2n) is 4.44. The minimum absolute atomic E-state index is 0.742. The van der Waals surface area contributed by atoms with Crippen molar-refractivity contribution in [1.82, 2.24) is 10.2 Å². The number of thioether (sulfide) groups is 1. The van der Waals surface area contributed by atoms with Crippen LogP contribution in [0.15, 0.2) is 0 Å². The molecule has 0 radical (unpaired) electrons. The van der Waals surface area contributed by atoms with Gasteiger partial charge in [0.05, 0.1) is 0 Å². The molecule has 0 bridgehead atoms. The summed E-state index contributed by atoms with van der Waals surface area (Å²) in [6.45, 7) is 7.35. The Labute approximate surface area is 99.2 Å². The van der Waals surface area contributed by atoms with E-state index in [9.17, 15) is 0 Å². The first-order chi connectivity index (χ1) is 7.36. The van der Waals surface area contributed by atoms with E-state index in [4.69, 9.17) is 0 Å². The first kappa shape index (κ1) is 13.3. The van der Waals surface area contributed by atoms with Crippen molar-refractivity contribution in [3.63, 3.8) is 0 Å². The van der Waals surface area contributed by atoms with Crippen LogP contribution in [-0.4, -0.2) is 49.1 Å². The van der Waals surface area contributed by atoms with Crippen molar-refractivity contribution < 1.29 is 0 Å². The number of nitrogens with one attached hydrogen (secondary N) is 1. The second kappa shape index (κ2) is 8.43. The number of hydrogen-bond donors (Lipinski definition) is 1. The van der Waals surface area contributed by atoms with Crippen LogP contribution in [0.2, 0.25) is 0 Å². The van der Waals surface area contributed by atoms with Gasteiger partial charge in [-0.3, -0.25) is 0 Å². The van der Waals surface area contributed by atoms with Gasteiger partial charge in [0.1, 0.15) is 0 Å². The summed E-state index contributed by atoms with van der Waals surface area (Å²) in [4.78, 5) is 2.65. The number of hydrogen-bond acceptors (Lipinski definition) is 3. The molecule has 90 valence electrons. The predicted octanol–water partition coefficient (Wildman–Crippen LogP) is 2.20. The Balaban J connectivity index is 2.22. The first-order valence-electron chi connectivity index (χ1n) is 6.31. The third kappa shape index (κ3) is 5.79. The van der Waals surface area contributed by atoms with Crippen molar-refractivity contribution in [3.8, 4) is 0 Å². The van der Waals surface area contributed by atoms with Gasteiger partial charge in [-0.1, -0.05) is 13.3 Å². The molecule has 1 N–H and O–H groups in total. The minimum atomic E-state index is 0.742. The zero-order chi connectivity index (χ0) is 10.9. The molecule has 1 saturated heterocycles. The van der Waals surface area contributed by atoms with Gasteiger partial charge in [0.2, 0.25) is 0 Å². The maximum Gasteiger partial charge on any atom is 0.0194 e. The zero-order valence-corrected chi connectivity index (χ0v) is 11.1. The molecule has 1 aliphatic heterocycles.